The Morgan fingerprint density at radius 2 is 1.66 bits per heavy atom. The molecule has 29 heavy (non-hydrogen) atoms. The monoisotopic (exact) mass is 409 g/mol. The largest absolute Gasteiger partial charge is 0.340 e. The van der Waals surface area contributed by atoms with Gasteiger partial charge < -0.3 is 5.32 Å². The fourth-order valence-electron chi connectivity index (χ4n) is 3.10. The smallest absolute Gasteiger partial charge is 0.265 e. The third-order valence-corrected chi connectivity index (χ3v) is 6.59. The van der Waals surface area contributed by atoms with E-state index in [1.807, 2.05) is 37.3 Å². The molecule has 1 aromatic heterocycles. The molecule has 2 aromatic carbocycles. The van der Waals surface area contributed by atoms with E-state index in [0.29, 0.717) is 18.1 Å². The average molecular weight is 410 g/mol. The van der Waals surface area contributed by atoms with E-state index in [1.165, 1.54) is 28.9 Å². The predicted molar refractivity (Wildman–Crippen MR) is 119 cm³/mol. The molecule has 0 saturated heterocycles. The lowest BCUT2D eigenvalue weighted by molar-refractivity contribution is 0.591. The molecule has 6 heteroatoms. The van der Waals surface area contributed by atoms with Crippen molar-refractivity contribution in [2.24, 2.45) is 0 Å². The first-order valence-corrected chi connectivity index (χ1v) is 11.4. The van der Waals surface area contributed by atoms with Gasteiger partial charge in [-0.05, 0) is 61.7 Å². The van der Waals surface area contributed by atoms with Gasteiger partial charge in [0, 0.05) is 18.4 Å². The zero-order valence-electron chi connectivity index (χ0n) is 16.9. The molecule has 0 spiro atoms. The lowest BCUT2D eigenvalue weighted by Crippen LogP contribution is -2.30. The lowest BCUT2D eigenvalue weighted by atomic mass is 10.1. The Morgan fingerprint density at radius 3 is 2.24 bits per heavy atom. The maximum atomic E-state index is 13.0. The minimum Gasteiger partial charge on any atom is -0.340 e. The number of aryl methyl sites for hydroxylation is 1. The standard InChI is InChI=1S/C23H27N3O2S/c1-3-5-9-19-12-14-20(15-13-19)25-23-17-16-22(18-24-23)29(27,28)26(4-2)21-10-7-6-8-11-21/h6-8,10-18H,3-5,9H2,1-2H3,(H,24,25). The van der Waals surface area contributed by atoms with Crippen molar-refractivity contribution < 1.29 is 8.42 Å². The van der Waals surface area contributed by atoms with Crippen LogP contribution in [0.1, 0.15) is 32.3 Å². The summed E-state index contributed by atoms with van der Waals surface area (Å²) in [6, 6.07) is 20.6. The fraction of sp³-hybridized carbons (Fsp3) is 0.261. The highest BCUT2D eigenvalue weighted by molar-refractivity contribution is 7.92. The summed E-state index contributed by atoms with van der Waals surface area (Å²) in [5, 5.41) is 3.22. The number of hydrogen-bond donors (Lipinski definition) is 1. The van der Waals surface area contributed by atoms with Crippen molar-refractivity contribution in [2.45, 2.75) is 38.0 Å². The molecule has 1 N–H and O–H groups in total. The maximum Gasteiger partial charge on any atom is 0.265 e. The summed E-state index contributed by atoms with van der Waals surface area (Å²) in [4.78, 5) is 4.48. The molecule has 0 fully saturated rings. The molecule has 0 aliphatic rings. The Kier molecular flexibility index (Phi) is 6.88. The van der Waals surface area contributed by atoms with Crippen LogP contribution in [0.5, 0.6) is 0 Å². The van der Waals surface area contributed by atoms with Crippen LogP contribution in [-0.2, 0) is 16.4 Å². The van der Waals surface area contributed by atoms with E-state index in [4.69, 9.17) is 0 Å². The second-order valence-electron chi connectivity index (χ2n) is 6.81. The molecular weight excluding hydrogens is 382 g/mol. The van der Waals surface area contributed by atoms with Gasteiger partial charge in [0.25, 0.3) is 10.0 Å². The topological polar surface area (TPSA) is 62.3 Å². The Balaban J connectivity index is 1.73. The van der Waals surface area contributed by atoms with Gasteiger partial charge in [-0.3, -0.25) is 4.31 Å². The number of nitrogens with one attached hydrogen (secondary N) is 1. The Labute approximate surface area is 173 Å². The minimum atomic E-state index is -3.67. The summed E-state index contributed by atoms with van der Waals surface area (Å²) in [7, 11) is -3.67. The van der Waals surface area contributed by atoms with Crippen LogP contribution < -0.4 is 9.62 Å². The number of sulfonamides is 1. The van der Waals surface area contributed by atoms with Crippen molar-refractivity contribution in [3.05, 3.63) is 78.5 Å². The molecule has 0 aliphatic heterocycles. The van der Waals surface area contributed by atoms with Crippen LogP contribution in [0.25, 0.3) is 0 Å². The highest BCUT2D eigenvalue weighted by atomic mass is 32.2. The normalized spacial score (nSPS) is 11.2. The van der Waals surface area contributed by atoms with Crippen molar-refractivity contribution in [2.75, 3.05) is 16.2 Å². The molecule has 0 saturated carbocycles. The Bertz CT molecular complexity index is 1000. The van der Waals surface area contributed by atoms with Gasteiger partial charge >= 0.3 is 0 Å². The number of anilines is 3. The molecule has 0 unspecified atom stereocenters. The molecule has 1 heterocycles. The molecule has 3 rings (SSSR count). The van der Waals surface area contributed by atoms with Gasteiger partial charge in [-0.15, -0.1) is 0 Å². The Hall–Kier alpha value is -2.86. The molecule has 5 nitrogen and oxygen atoms in total. The third-order valence-electron chi connectivity index (χ3n) is 4.70. The third kappa shape index (κ3) is 5.15. The van der Waals surface area contributed by atoms with Crippen LogP contribution in [0.4, 0.5) is 17.2 Å². The number of pyridine rings is 1. The van der Waals surface area contributed by atoms with E-state index in [0.717, 1.165) is 12.1 Å². The van der Waals surface area contributed by atoms with Crippen LogP contribution >= 0.6 is 0 Å². The zero-order valence-corrected chi connectivity index (χ0v) is 17.7. The van der Waals surface area contributed by atoms with Crippen LogP contribution in [-0.4, -0.2) is 19.9 Å². The summed E-state index contributed by atoms with van der Waals surface area (Å²) in [6.07, 6.45) is 4.84. The van der Waals surface area contributed by atoms with Crippen LogP contribution in [0.2, 0.25) is 0 Å². The highest BCUT2D eigenvalue weighted by Gasteiger charge is 2.23. The van der Waals surface area contributed by atoms with E-state index in [-0.39, 0.29) is 4.90 Å². The maximum absolute atomic E-state index is 13.0. The summed E-state index contributed by atoms with van der Waals surface area (Å²) in [6.45, 7) is 4.35. The van der Waals surface area contributed by atoms with E-state index in [9.17, 15) is 8.42 Å². The van der Waals surface area contributed by atoms with E-state index >= 15 is 0 Å². The minimum absolute atomic E-state index is 0.170. The average Bonchev–Trinajstić information content (AvgIpc) is 2.75. The van der Waals surface area contributed by atoms with Crippen molar-refractivity contribution in [1.29, 1.82) is 0 Å². The number of unbranched alkanes of at least 4 members (excludes halogenated alkanes) is 1. The fourth-order valence-corrected chi connectivity index (χ4v) is 4.52. The summed E-state index contributed by atoms with van der Waals surface area (Å²) in [5.41, 5.74) is 2.88. The predicted octanol–water partition coefficient (Wildman–Crippen LogP) is 5.38. The number of para-hydroxylation sites is 1. The van der Waals surface area contributed by atoms with Crippen LogP contribution in [0.3, 0.4) is 0 Å². The van der Waals surface area contributed by atoms with Crippen LogP contribution in [0.15, 0.2) is 77.8 Å². The molecule has 0 atom stereocenters. The highest BCUT2D eigenvalue weighted by Crippen LogP contribution is 2.24. The van der Waals surface area contributed by atoms with Gasteiger partial charge in [0.2, 0.25) is 0 Å². The zero-order chi connectivity index (χ0) is 20.7. The molecule has 3 aromatic rings. The van der Waals surface area contributed by atoms with Gasteiger partial charge in [0.1, 0.15) is 10.7 Å². The van der Waals surface area contributed by atoms with Crippen molar-refractivity contribution in [3.8, 4) is 0 Å². The quantitative estimate of drug-likeness (QED) is 0.515. The van der Waals surface area contributed by atoms with Gasteiger partial charge in [0.05, 0.1) is 5.69 Å². The molecular formula is C23H27N3O2S. The summed E-state index contributed by atoms with van der Waals surface area (Å²) < 4.78 is 27.4. The van der Waals surface area contributed by atoms with E-state index in [1.54, 1.807) is 24.3 Å². The van der Waals surface area contributed by atoms with Crippen molar-refractivity contribution in [3.63, 3.8) is 0 Å². The molecule has 0 aliphatic carbocycles. The van der Waals surface area contributed by atoms with Gasteiger partial charge in [0.15, 0.2) is 0 Å². The number of rotatable bonds is 9. The molecule has 0 bridgehead atoms. The van der Waals surface area contributed by atoms with Crippen LogP contribution in [0, 0.1) is 0 Å². The van der Waals surface area contributed by atoms with Gasteiger partial charge in [-0.2, -0.15) is 0 Å². The Morgan fingerprint density at radius 1 is 0.931 bits per heavy atom. The van der Waals surface area contributed by atoms with E-state index in [2.05, 4.69) is 29.4 Å². The van der Waals surface area contributed by atoms with E-state index < -0.39 is 10.0 Å². The molecule has 152 valence electrons. The number of nitrogens with zero attached hydrogens (tertiary/aromatic N) is 2. The number of benzene rings is 2. The SMILES string of the molecule is CCCCc1ccc(Nc2ccc(S(=O)(=O)N(CC)c3ccccc3)cn2)cc1. The summed E-state index contributed by atoms with van der Waals surface area (Å²) >= 11 is 0. The number of hydrogen-bond acceptors (Lipinski definition) is 4. The summed E-state index contributed by atoms with van der Waals surface area (Å²) in [5.74, 6) is 0.605. The van der Waals surface area contributed by atoms with Crippen molar-refractivity contribution in [1.82, 2.24) is 4.98 Å². The number of aromatic nitrogens is 1. The van der Waals surface area contributed by atoms with Crippen molar-refractivity contribution >= 4 is 27.2 Å². The van der Waals surface area contributed by atoms with Gasteiger partial charge in [-0.1, -0.05) is 43.7 Å². The lowest BCUT2D eigenvalue weighted by Gasteiger charge is -2.22. The first-order valence-electron chi connectivity index (χ1n) is 9.94. The van der Waals surface area contributed by atoms with Gasteiger partial charge in [-0.25, -0.2) is 13.4 Å². The second kappa shape index (κ2) is 9.56. The molecule has 0 radical (unpaired) electrons. The second-order valence-corrected chi connectivity index (χ2v) is 8.67. The molecule has 0 amide bonds. The first kappa shape index (κ1) is 20.9. The first-order chi connectivity index (χ1) is 14.0.